The zero-order chi connectivity index (χ0) is 18.9. The van der Waals surface area contributed by atoms with Gasteiger partial charge in [-0.05, 0) is 55.9 Å². The van der Waals surface area contributed by atoms with Crippen LogP contribution in [0.15, 0.2) is 72.6 Å². The second-order valence-electron chi connectivity index (χ2n) is 7.60. The van der Waals surface area contributed by atoms with E-state index in [9.17, 15) is 4.79 Å². The number of hydrogen-bond donors (Lipinski definition) is 1. The van der Waals surface area contributed by atoms with Gasteiger partial charge in [0, 0.05) is 24.0 Å². The minimum atomic E-state index is -0.246. The van der Waals surface area contributed by atoms with E-state index in [0.717, 1.165) is 49.0 Å². The molecule has 1 aliphatic carbocycles. The Labute approximate surface area is 160 Å². The van der Waals surface area contributed by atoms with Gasteiger partial charge in [-0.25, -0.2) is 0 Å². The number of H-pyrrole nitrogens is 1. The lowest BCUT2D eigenvalue weighted by molar-refractivity contribution is -0.126. The van der Waals surface area contributed by atoms with E-state index >= 15 is 0 Å². The number of carbonyl (C=O) groups excluding carboxylic acids is 1. The first-order valence-corrected chi connectivity index (χ1v) is 9.52. The second kappa shape index (κ2) is 7.03. The molecule has 1 aromatic carbocycles. The van der Waals surface area contributed by atoms with Crippen LogP contribution in [0, 0.1) is 5.41 Å². The molecule has 2 heterocycles. The maximum absolute atomic E-state index is 13.4. The highest BCUT2D eigenvalue weighted by Gasteiger charge is 2.48. The molecule has 2 aromatic rings. The fourth-order valence-electron chi connectivity index (χ4n) is 4.28. The summed E-state index contributed by atoms with van der Waals surface area (Å²) in [7, 11) is 0. The number of allylic oxidation sites excluding steroid dienone is 5. The van der Waals surface area contributed by atoms with E-state index in [1.54, 1.807) is 12.3 Å². The highest BCUT2D eigenvalue weighted by Crippen LogP contribution is 2.48. The Bertz CT molecular complexity index is 906. The van der Waals surface area contributed by atoms with Crippen LogP contribution in [-0.4, -0.2) is 22.6 Å². The third kappa shape index (κ3) is 3.16. The average Bonchev–Trinajstić information content (AvgIpc) is 3.33. The highest BCUT2D eigenvalue weighted by molar-refractivity contribution is 6.00. The molecule has 4 heteroatoms. The quantitative estimate of drug-likeness (QED) is 0.777. The van der Waals surface area contributed by atoms with E-state index in [4.69, 9.17) is 0 Å². The van der Waals surface area contributed by atoms with E-state index in [-0.39, 0.29) is 11.3 Å². The van der Waals surface area contributed by atoms with Crippen molar-refractivity contribution in [3.05, 3.63) is 72.6 Å². The van der Waals surface area contributed by atoms with E-state index in [1.165, 1.54) is 11.1 Å². The van der Waals surface area contributed by atoms with Gasteiger partial charge in [0.1, 0.15) is 0 Å². The van der Waals surface area contributed by atoms with Gasteiger partial charge in [-0.2, -0.15) is 5.10 Å². The molecule has 1 unspecified atom stereocenters. The molecule has 0 radical (unpaired) electrons. The van der Waals surface area contributed by atoms with Gasteiger partial charge in [-0.3, -0.25) is 9.89 Å². The normalized spacial score (nSPS) is 23.0. The molecule has 1 saturated heterocycles. The first-order chi connectivity index (χ1) is 13.1. The number of rotatable bonds is 4. The van der Waals surface area contributed by atoms with Crippen molar-refractivity contribution in [1.82, 2.24) is 10.2 Å². The van der Waals surface area contributed by atoms with Gasteiger partial charge in [0.2, 0.25) is 5.91 Å². The first-order valence-electron chi connectivity index (χ1n) is 9.52. The topological polar surface area (TPSA) is 49.0 Å². The van der Waals surface area contributed by atoms with Crippen LogP contribution in [0.4, 0.5) is 5.69 Å². The maximum Gasteiger partial charge on any atom is 0.233 e. The molecule has 4 rings (SSSR count). The molecular formula is C23H25N3O. The summed E-state index contributed by atoms with van der Waals surface area (Å²) in [5.41, 5.74) is 5.59. The Morgan fingerprint density at radius 1 is 1.22 bits per heavy atom. The fourth-order valence-corrected chi connectivity index (χ4v) is 4.28. The third-order valence-corrected chi connectivity index (χ3v) is 6.01. The maximum atomic E-state index is 13.4. The Kier molecular flexibility index (Phi) is 4.56. The van der Waals surface area contributed by atoms with Crippen molar-refractivity contribution in [2.45, 2.75) is 32.6 Å². The molecule has 27 heavy (non-hydrogen) atoms. The predicted octanol–water partition coefficient (Wildman–Crippen LogP) is 5.04. The standard InChI is InChI=1S/C23H25N3O/c1-3-4-5-19-14-23(11-10-17(19)2)12-13-26(22(23)27)21-8-6-18(7-9-21)20-15-24-25-16-20/h3-9,15-16H,1,10-14H2,2H3,(H,24,25)/b5-4-. The number of amides is 1. The van der Waals surface area contributed by atoms with Crippen LogP contribution in [0.3, 0.4) is 0 Å². The van der Waals surface area contributed by atoms with Crippen LogP contribution in [-0.2, 0) is 4.79 Å². The number of nitrogens with zero attached hydrogens (tertiary/aromatic N) is 2. The molecule has 138 valence electrons. The van der Waals surface area contributed by atoms with Crippen molar-refractivity contribution in [3.63, 3.8) is 0 Å². The van der Waals surface area contributed by atoms with Crippen LogP contribution in [0.2, 0.25) is 0 Å². The fraction of sp³-hybridized carbons (Fsp3) is 0.304. The monoisotopic (exact) mass is 359 g/mol. The molecule has 1 aromatic heterocycles. The van der Waals surface area contributed by atoms with Crippen LogP contribution in [0.5, 0.6) is 0 Å². The molecule has 4 nitrogen and oxygen atoms in total. The summed E-state index contributed by atoms with van der Waals surface area (Å²) in [4.78, 5) is 15.3. The van der Waals surface area contributed by atoms with Gasteiger partial charge >= 0.3 is 0 Å². The Morgan fingerprint density at radius 3 is 2.74 bits per heavy atom. The van der Waals surface area contributed by atoms with E-state index in [2.05, 4.69) is 41.9 Å². The van der Waals surface area contributed by atoms with Crippen LogP contribution < -0.4 is 4.90 Å². The molecule has 1 fully saturated rings. The molecule has 1 spiro atoms. The number of carbonyl (C=O) groups is 1. The van der Waals surface area contributed by atoms with Gasteiger partial charge in [-0.15, -0.1) is 0 Å². The third-order valence-electron chi connectivity index (χ3n) is 6.01. The SMILES string of the molecule is C=C/C=C\C1=C(C)CCC2(CCN(c3ccc(-c4cn[nH]c4)cc3)C2=O)C1. The summed E-state index contributed by atoms with van der Waals surface area (Å²) in [6.07, 6.45) is 13.3. The smallest absolute Gasteiger partial charge is 0.233 e. The molecule has 1 N–H and O–H groups in total. The molecule has 0 bridgehead atoms. The predicted molar refractivity (Wildman–Crippen MR) is 109 cm³/mol. The number of anilines is 1. The molecular weight excluding hydrogens is 334 g/mol. The lowest BCUT2D eigenvalue weighted by Gasteiger charge is -2.33. The number of nitrogens with one attached hydrogen (secondary N) is 1. The molecule has 1 atom stereocenters. The van der Waals surface area contributed by atoms with Crippen LogP contribution >= 0.6 is 0 Å². The highest BCUT2D eigenvalue weighted by atomic mass is 16.2. The van der Waals surface area contributed by atoms with Gasteiger partial charge < -0.3 is 4.90 Å². The zero-order valence-electron chi connectivity index (χ0n) is 15.7. The van der Waals surface area contributed by atoms with Crippen molar-refractivity contribution in [2.24, 2.45) is 5.41 Å². The minimum Gasteiger partial charge on any atom is -0.312 e. The average molecular weight is 359 g/mol. The van der Waals surface area contributed by atoms with E-state index < -0.39 is 0 Å². The number of hydrogen-bond acceptors (Lipinski definition) is 2. The summed E-state index contributed by atoms with van der Waals surface area (Å²) in [6.45, 7) is 6.74. The van der Waals surface area contributed by atoms with E-state index in [0.29, 0.717) is 0 Å². The zero-order valence-corrected chi connectivity index (χ0v) is 15.7. The molecule has 1 amide bonds. The Hall–Kier alpha value is -2.88. The number of benzene rings is 1. The largest absolute Gasteiger partial charge is 0.312 e. The van der Waals surface area contributed by atoms with Crippen molar-refractivity contribution in [1.29, 1.82) is 0 Å². The lowest BCUT2D eigenvalue weighted by atomic mass is 9.70. The second-order valence-corrected chi connectivity index (χ2v) is 7.60. The van der Waals surface area contributed by atoms with Gasteiger partial charge in [-0.1, -0.05) is 42.5 Å². The minimum absolute atomic E-state index is 0.246. The van der Waals surface area contributed by atoms with Crippen molar-refractivity contribution in [2.75, 3.05) is 11.4 Å². The van der Waals surface area contributed by atoms with Crippen LogP contribution in [0.1, 0.15) is 32.6 Å². The van der Waals surface area contributed by atoms with E-state index in [1.807, 2.05) is 29.3 Å². The first kappa shape index (κ1) is 17.5. The summed E-state index contributed by atoms with van der Waals surface area (Å²) in [5.74, 6) is 0.274. The van der Waals surface area contributed by atoms with Crippen molar-refractivity contribution >= 4 is 11.6 Å². The van der Waals surface area contributed by atoms with Crippen molar-refractivity contribution < 1.29 is 4.79 Å². The summed E-state index contributed by atoms with van der Waals surface area (Å²) >= 11 is 0. The Balaban J connectivity index is 1.55. The molecule has 1 aliphatic heterocycles. The van der Waals surface area contributed by atoms with Crippen LogP contribution in [0.25, 0.3) is 11.1 Å². The summed E-state index contributed by atoms with van der Waals surface area (Å²) in [6, 6.07) is 8.20. The molecule has 2 aliphatic rings. The summed E-state index contributed by atoms with van der Waals surface area (Å²) < 4.78 is 0. The van der Waals surface area contributed by atoms with Gasteiger partial charge in [0.25, 0.3) is 0 Å². The number of aromatic nitrogens is 2. The Morgan fingerprint density at radius 2 is 2.04 bits per heavy atom. The molecule has 0 saturated carbocycles. The number of aromatic amines is 1. The van der Waals surface area contributed by atoms with Gasteiger partial charge in [0.05, 0.1) is 11.6 Å². The van der Waals surface area contributed by atoms with Gasteiger partial charge in [0.15, 0.2) is 0 Å². The van der Waals surface area contributed by atoms with Crippen molar-refractivity contribution in [3.8, 4) is 11.1 Å². The lowest BCUT2D eigenvalue weighted by Crippen LogP contribution is -2.36. The summed E-state index contributed by atoms with van der Waals surface area (Å²) in [5, 5.41) is 6.83.